The van der Waals surface area contributed by atoms with Crippen molar-refractivity contribution < 1.29 is 5.11 Å². The second-order valence-corrected chi connectivity index (χ2v) is 3.78. The van der Waals surface area contributed by atoms with Gasteiger partial charge in [0.15, 0.2) is 5.65 Å². The number of aromatic nitrogens is 3. The second kappa shape index (κ2) is 4.61. The van der Waals surface area contributed by atoms with Crippen molar-refractivity contribution in [2.75, 3.05) is 0 Å². The summed E-state index contributed by atoms with van der Waals surface area (Å²) in [5.41, 5.74) is 0.921. The van der Waals surface area contributed by atoms with Gasteiger partial charge in [-0.15, -0.1) is 0 Å². The Hall–Kier alpha value is -1.42. The summed E-state index contributed by atoms with van der Waals surface area (Å²) in [6.07, 6.45) is 5.05. The van der Waals surface area contributed by atoms with Gasteiger partial charge in [0.05, 0.1) is 18.3 Å². The van der Waals surface area contributed by atoms with Crippen LogP contribution in [-0.2, 0) is 0 Å². The predicted octanol–water partition coefficient (Wildman–Crippen LogP) is 2.15. The Labute approximate surface area is 94.9 Å². The number of fused-ring (bicyclic) bond motifs is 1. The Kier molecular flexibility index (Phi) is 3.19. The lowest BCUT2D eigenvalue weighted by Gasteiger charge is -2.31. The van der Waals surface area contributed by atoms with E-state index in [4.69, 9.17) is 0 Å². The third-order valence-electron chi connectivity index (χ3n) is 2.79. The summed E-state index contributed by atoms with van der Waals surface area (Å²) in [5.74, 6) is 0. The van der Waals surface area contributed by atoms with Crippen molar-refractivity contribution >= 4 is 11.0 Å². The van der Waals surface area contributed by atoms with Gasteiger partial charge in [0.25, 0.3) is 0 Å². The summed E-state index contributed by atoms with van der Waals surface area (Å²) in [5, 5.41) is 14.6. The van der Waals surface area contributed by atoms with Crippen molar-refractivity contribution in [1.29, 1.82) is 0 Å². The normalized spacial score (nSPS) is 23.4. The van der Waals surface area contributed by atoms with E-state index in [1.54, 1.807) is 6.20 Å². The molecule has 1 fully saturated rings. The first kappa shape index (κ1) is 11.1. The van der Waals surface area contributed by atoms with Crippen molar-refractivity contribution in [1.82, 2.24) is 14.8 Å². The molecule has 2 aromatic rings. The van der Waals surface area contributed by atoms with Crippen molar-refractivity contribution in [3.05, 3.63) is 24.5 Å². The molecular weight excluding hydrogens is 202 g/mol. The van der Waals surface area contributed by atoms with Gasteiger partial charge in [-0.1, -0.05) is 13.8 Å². The second-order valence-electron chi connectivity index (χ2n) is 3.78. The van der Waals surface area contributed by atoms with Crippen molar-refractivity contribution in [2.45, 2.75) is 38.8 Å². The zero-order valence-electron chi connectivity index (χ0n) is 9.67. The van der Waals surface area contributed by atoms with Crippen LogP contribution in [0.15, 0.2) is 24.5 Å². The molecule has 1 saturated carbocycles. The van der Waals surface area contributed by atoms with E-state index >= 15 is 0 Å². The van der Waals surface area contributed by atoms with Gasteiger partial charge in [0.2, 0.25) is 0 Å². The molecule has 0 aliphatic heterocycles. The predicted molar refractivity (Wildman–Crippen MR) is 63.2 cm³/mol. The smallest absolute Gasteiger partial charge is 0.157 e. The van der Waals surface area contributed by atoms with Crippen LogP contribution >= 0.6 is 0 Å². The molecule has 2 aromatic heterocycles. The molecule has 1 N–H and O–H groups in total. The molecule has 1 aliphatic carbocycles. The van der Waals surface area contributed by atoms with E-state index in [2.05, 4.69) is 10.1 Å². The summed E-state index contributed by atoms with van der Waals surface area (Å²) in [7, 11) is 0. The number of aliphatic hydroxyl groups excluding tert-OH is 1. The molecule has 3 rings (SSSR count). The average molecular weight is 219 g/mol. The highest BCUT2D eigenvalue weighted by molar-refractivity contribution is 5.74. The number of nitrogens with zero attached hydrogens (tertiary/aromatic N) is 3. The Morgan fingerprint density at radius 3 is 2.81 bits per heavy atom. The molecule has 0 spiro atoms. The van der Waals surface area contributed by atoms with Gasteiger partial charge in [-0.25, -0.2) is 9.67 Å². The first-order valence-corrected chi connectivity index (χ1v) is 5.81. The maximum atomic E-state index is 9.23. The van der Waals surface area contributed by atoms with Gasteiger partial charge < -0.3 is 5.11 Å². The molecule has 86 valence electrons. The minimum Gasteiger partial charge on any atom is -0.393 e. The van der Waals surface area contributed by atoms with Crippen LogP contribution in [-0.4, -0.2) is 26.0 Å². The van der Waals surface area contributed by atoms with Crippen LogP contribution in [0.25, 0.3) is 11.0 Å². The summed E-state index contributed by atoms with van der Waals surface area (Å²) < 4.78 is 1.92. The molecule has 0 aromatic carbocycles. The van der Waals surface area contributed by atoms with Gasteiger partial charge in [-0.05, 0) is 25.0 Å². The lowest BCUT2D eigenvalue weighted by atomic mass is 9.90. The molecule has 0 saturated heterocycles. The van der Waals surface area contributed by atoms with Gasteiger partial charge >= 0.3 is 0 Å². The zero-order chi connectivity index (χ0) is 11.5. The van der Waals surface area contributed by atoms with Crippen LogP contribution in [0.3, 0.4) is 0 Å². The third kappa shape index (κ3) is 1.80. The van der Waals surface area contributed by atoms with Gasteiger partial charge in [0, 0.05) is 11.6 Å². The molecule has 0 unspecified atom stereocenters. The summed E-state index contributed by atoms with van der Waals surface area (Å²) >= 11 is 0. The highest BCUT2D eigenvalue weighted by Crippen LogP contribution is 2.33. The van der Waals surface area contributed by atoms with Crippen LogP contribution in [0.4, 0.5) is 0 Å². The van der Waals surface area contributed by atoms with Crippen LogP contribution in [0.5, 0.6) is 0 Å². The first-order valence-electron chi connectivity index (χ1n) is 5.81. The van der Waals surface area contributed by atoms with Gasteiger partial charge in [-0.2, -0.15) is 5.10 Å². The lowest BCUT2D eigenvalue weighted by Crippen LogP contribution is -2.31. The minimum absolute atomic E-state index is 0.150. The van der Waals surface area contributed by atoms with Gasteiger partial charge in [-0.3, -0.25) is 0 Å². The molecular formula is C12H17N3O. The molecule has 16 heavy (non-hydrogen) atoms. The minimum atomic E-state index is -0.150. The quantitative estimate of drug-likeness (QED) is 0.799. The monoisotopic (exact) mass is 219 g/mol. The first-order chi connectivity index (χ1) is 7.84. The fourth-order valence-electron chi connectivity index (χ4n) is 1.91. The molecule has 4 heteroatoms. The fourth-order valence-corrected chi connectivity index (χ4v) is 1.91. The van der Waals surface area contributed by atoms with E-state index in [9.17, 15) is 5.11 Å². The SMILES string of the molecule is CC.OC1CC(n2ncc3cccnc32)C1. The number of pyridine rings is 1. The van der Waals surface area contributed by atoms with Crippen molar-refractivity contribution in [3.8, 4) is 0 Å². The Bertz CT molecular complexity index is 460. The molecule has 4 nitrogen and oxygen atoms in total. The number of rotatable bonds is 1. The van der Waals surface area contributed by atoms with E-state index < -0.39 is 0 Å². The molecule has 0 atom stereocenters. The van der Waals surface area contributed by atoms with Crippen molar-refractivity contribution in [3.63, 3.8) is 0 Å². The summed E-state index contributed by atoms with van der Waals surface area (Å²) in [4.78, 5) is 4.29. The number of aliphatic hydroxyl groups is 1. The molecule has 0 amide bonds. The largest absolute Gasteiger partial charge is 0.393 e. The third-order valence-corrected chi connectivity index (χ3v) is 2.79. The molecule has 2 heterocycles. The van der Waals surface area contributed by atoms with Crippen LogP contribution < -0.4 is 0 Å². The van der Waals surface area contributed by atoms with E-state index in [0.29, 0.717) is 6.04 Å². The van der Waals surface area contributed by atoms with E-state index in [1.807, 2.05) is 36.9 Å². The lowest BCUT2D eigenvalue weighted by molar-refractivity contribution is 0.0451. The van der Waals surface area contributed by atoms with Crippen LogP contribution in [0.2, 0.25) is 0 Å². The topological polar surface area (TPSA) is 50.9 Å². The summed E-state index contributed by atoms with van der Waals surface area (Å²) in [6.45, 7) is 4.00. The zero-order valence-corrected chi connectivity index (χ0v) is 9.67. The molecule has 1 aliphatic rings. The standard InChI is InChI=1S/C10H11N3O.C2H6/c14-9-4-8(5-9)13-10-7(6-12-13)2-1-3-11-10;1-2/h1-3,6,8-9,14H,4-5H2;1-2H3. The van der Waals surface area contributed by atoms with E-state index in [-0.39, 0.29) is 6.10 Å². The van der Waals surface area contributed by atoms with Crippen LogP contribution in [0.1, 0.15) is 32.7 Å². The van der Waals surface area contributed by atoms with E-state index in [0.717, 1.165) is 23.9 Å². The highest BCUT2D eigenvalue weighted by atomic mass is 16.3. The Balaban J connectivity index is 0.000000457. The molecule has 0 radical (unpaired) electrons. The number of hydrogen-bond acceptors (Lipinski definition) is 3. The summed E-state index contributed by atoms with van der Waals surface area (Å²) in [6, 6.07) is 4.24. The van der Waals surface area contributed by atoms with Crippen molar-refractivity contribution in [2.24, 2.45) is 0 Å². The molecule has 0 bridgehead atoms. The highest BCUT2D eigenvalue weighted by Gasteiger charge is 2.30. The average Bonchev–Trinajstić information content (AvgIpc) is 2.71. The maximum absolute atomic E-state index is 9.23. The van der Waals surface area contributed by atoms with E-state index in [1.165, 1.54) is 0 Å². The Morgan fingerprint density at radius 2 is 2.12 bits per heavy atom. The Morgan fingerprint density at radius 1 is 1.38 bits per heavy atom. The number of hydrogen-bond donors (Lipinski definition) is 1. The maximum Gasteiger partial charge on any atom is 0.157 e. The van der Waals surface area contributed by atoms with Crippen LogP contribution in [0, 0.1) is 0 Å². The van der Waals surface area contributed by atoms with Gasteiger partial charge in [0.1, 0.15) is 0 Å². The fraction of sp³-hybridized carbons (Fsp3) is 0.500.